The van der Waals surface area contributed by atoms with E-state index in [1.807, 2.05) is 0 Å². The summed E-state index contributed by atoms with van der Waals surface area (Å²) in [4.78, 5) is 0. The largest absolute Gasteiger partial charge is 1.00 e. The maximum Gasteiger partial charge on any atom is 1.00 e. The van der Waals surface area contributed by atoms with E-state index in [1.165, 1.54) is 0 Å². The van der Waals surface area contributed by atoms with Crippen LogP contribution in [0.25, 0.3) is 0 Å². The summed E-state index contributed by atoms with van der Waals surface area (Å²) in [5, 5.41) is 0. The molecule has 0 aliphatic heterocycles. The molecule has 0 amide bonds. The molecule has 0 aromatic heterocycles. The van der Waals surface area contributed by atoms with Crippen LogP contribution < -0.4 is 0 Å². The van der Waals surface area contributed by atoms with E-state index in [2.05, 4.69) is 0 Å². The van der Waals surface area contributed by atoms with E-state index in [1.54, 1.807) is 0 Å². The fourth-order valence-corrected chi connectivity index (χ4v) is 0. The van der Waals surface area contributed by atoms with Crippen LogP contribution in [-0.4, -0.2) is 40.1 Å². The maximum atomic E-state index is 9.75. The maximum absolute atomic E-state index is 9.75. The van der Waals surface area contributed by atoms with Gasteiger partial charge in [0.2, 0.25) is 0 Å². The van der Waals surface area contributed by atoms with Crippen LogP contribution in [0.3, 0.4) is 0 Å². The minimum atomic E-state index is -6.00. The summed E-state index contributed by atoms with van der Waals surface area (Å²) < 4.78 is 39.0. The standard InChI is InChI=1S/BF4.Fe.6H2O/c2-1(3,4)5;;;;;;;/h;;6*1H2/q-1;;;;;;;/p+1. The zero-order valence-corrected chi connectivity index (χ0v) is 6.55. The van der Waals surface area contributed by atoms with Gasteiger partial charge in [-0.05, 0) is 0 Å². The molecule has 0 atom stereocenters. The average molecular weight is 252 g/mol. The van der Waals surface area contributed by atoms with Crippen LogP contribution >= 0.6 is 0 Å². The van der Waals surface area contributed by atoms with Crippen molar-refractivity contribution in [3.05, 3.63) is 0 Å². The molecule has 0 radical (unpaired) electrons. The first kappa shape index (κ1) is 89.4. The molecule has 0 aromatic rings. The van der Waals surface area contributed by atoms with Gasteiger partial charge in [-0.1, -0.05) is 0 Å². The Morgan fingerprint density at radius 1 is 0.583 bits per heavy atom. The van der Waals surface area contributed by atoms with Crippen molar-refractivity contribution in [1.29, 1.82) is 0 Å². The van der Waals surface area contributed by atoms with Crippen LogP contribution in [0.4, 0.5) is 17.3 Å². The SMILES string of the molecule is F[B-](F)(F)F.O.O.O.O.O.O.[Fe].[H+]. The molecule has 0 unspecified atom stereocenters. The second-order valence-corrected chi connectivity index (χ2v) is 0.495. The number of halogens is 4. The van der Waals surface area contributed by atoms with E-state index in [0.717, 1.165) is 0 Å². The van der Waals surface area contributed by atoms with Gasteiger partial charge in [-0.2, -0.15) is 0 Å². The second-order valence-electron chi connectivity index (χ2n) is 0.495. The fraction of sp³-hybridized carbons (Fsp3) is 0. The number of hydrogen-bond acceptors (Lipinski definition) is 0. The van der Waals surface area contributed by atoms with Gasteiger partial charge in [0, 0.05) is 17.1 Å². The van der Waals surface area contributed by atoms with Gasteiger partial charge in [-0.25, -0.2) is 0 Å². The molecule has 0 fully saturated rings. The predicted octanol–water partition coefficient (Wildman–Crippen LogP) is -3.54. The third kappa shape index (κ3) is 199000. The Labute approximate surface area is 76.9 Å². The normalized spacial score (nSPS) is 5.00. The summed E-state index contributed by atoms with van der Waals surface area (Å²) in [5.41, 5.74) is 0. The molecule has 0 saturated carbocycles. The van der Waals surface area contributed by atoms with Crippen molar-refractivity contribution in [3.8, 4) is 0 Å². The van der Waals surface area contributed by atoms with Gasteiger partial charge < -0.3 is 50.1 Å². The van der Waals surface area contributed by atoms with Crippen molar-refractivity contribution >= 4 is 7.25 Å². The molecule has 0 spiro atoms. The molecule has 0 aromatic carbocycles. The third-order valence-corrected chi connectivity index (χ3v) is 0. The van der Waals surface area contributed by atoms with Crippen LogP contribution in [-0.2, 0) is 17.1 Å². The van der Waals surface area contributed by atoms with E-state index in [-0.39, 0.29) is 51.4 Å². The molecule has 88 valence electrons. The van der Waals surface area contributed by atoms with Crippen molar-refractivity contribution < 1.29 is 68.6 Å². The summed E-state index contributed by atoms with van der Waals surface area (Å²) >= 11 is 0. The van der Waals surface area contributed by atoms with Crippen molar-refractivity contribution in [2.45, 2.75) is 0 Å². The molecule has 12 heteroatoms. The van der Waals surface area contributed by atoms with Crippen LogP contribution in [0, 0.1) is 0 Å². The molecule has 0 aliphatic carbocycles. The minimum absolute atomic E-state index is 0. The Balaban J connectivity index is -0.00000000286. The van der Waals surface area contributed by atoms with E-state index in [9.17, 15) is 17.3 Å². The third-order valence-electron chi connectivity index (χ3n) is 0. The summed E-state index contributed by atoms with van der Waals surface area (Å²) in [6.07, 6.45) is 0. The van der Waals surface area contributed by atoms with Gasteiger partial charge in [0.25, 0.3) is 0 Å². The van der Waals surface area contributed by atoms with E-state index in [4.69, 9.17) is 0 Å². The molecule has 12 heavy (non-hydrogen) atoms. The van der Waals surface area contributed by atoms with Crippen LogP contribution in [0.1, 0.15) is 1.43 Å². The van der Waals surface area contributed by atoms with Crippen molar-refractivity contribution in [2.24, 2.45) is 0 Å². The molecule has 0 rings (SSSR count). The van der Waals surface area contributed by atoms with E-state index < -0.39 is 7.25 Å². The predicted molar refractivity (Wildman–Crippen MR) is 33.0 cm³/mol. The summed E-state index contributed by atoms with van der Waals surface area (Å²) in [5.74, 6) is 0. The molecular formula is H13BF4FeO6. The van der Waals surface area contributed by atoms with Crippen molar-refractivity contribution in [3.63, 3.8) is 0 Å². The monoisotopic (exact) mass is 252 g/mol. The Bertz CT molecular complexity index is 40.1. The Kier molecular flexibility index (Phi) is 227. The first-order valence-corrected chi connectivity index (χ1v) is 0.873. The second kappa shape index (κ2) is 30.5. The van der Waals surface area contributed by atoms with Gasteiger partial charge >= 0.3 is 8.68 Å². The molecule has 0 heterocycles. The Morgan fingerprint density at radius 2 is 0.583 bits per heavy atom. The molecule has 0 aliphatic rings. The van der Waals surface area contributed by atoms with Crippen LogP contribution in [0.2, 0.25) is 0 Å². The number of rotatable bonds is 0. The van der Waals surface area contributed by atoms with Crippen LogP contribution in [0.5, 0.6) is 0 Å². The van der Waals surface area contributed by atoms with Crippen LogP contribution in [0.15, 0.2) is 0 Å². The number of hydrogen-bond donors (Lipinski definition) is 0. The van der Waals surface area contributed by atoms with Crippen molar-refractivity contribution in [2.75, 3.05) is 0 Å². The van der Waals surface area contributed by atoms with Crippen molar-refractivity contribution in [1.82, 2.24) is 0 Å². The average Bonchev–Trinajstić information content (AvgIpc) is 0.722. The zero-order valence-electron chi connectivity index (χ0n) is 6.44. The summed E-state index contributed by atoms with van der Waals surface area (Å²) in [6, 6.07) is 0. The zero-order chi connectivity index (χ0) is 4.50. The smallest absolute Gasteiger partial charge is 0.418 e. The first-order chi connectivity index (χ1) is 2.00. The molecular weight excluding hydrogens is 239 g/mol. The van der Waals surface area contributed by atoms with E-state index in [0.29, 0.717) is 0 Å². The quantitative estimate of drug-likeness (QED) is 0.305. The van der Waals surface area contributed by atoms with Gasteiger partial charge in [0.1, 0.15) is 0 Å². The molecule has 12 N–H and O–H groups in total. The van der Waals surface area contributed by atoms with Gasteiger partial charge in [-0.15, -0.1) is 0 Å². The topological polar surface area (TPSA) is 189 Å². The first-order valence-electron chi connectivity index (χ1n) is 0.873. The molecule has 0 bridgehead atoms. The Hall–Kier alpha value is 0.0644. The summed E-state index contributed by atoms with van der Waals surface area (Å²) in [6.45, 7) is 0. The van der Waals surface area contributed by atoms with E-state index >= 15 is 0 Å². The van der Waals surface area contributed by atoms with Gasteiger partial charge in [0.15, 0.2) is 0 Å². The van der Waals surface area contributed by atoms with Gasteiger partial charge in [0.05, 0.1) is 0 Å². The van der Waals surface area contributed by atoms with Gasteiger partial charge in [-0.3, -0.25) is 0 Å². The molecule has 0 saturated heterocycles. The minimum Gasteiger partial charge on any atom is -0.418 e. The summed E-state index contributed by atoms with van der Waals surface area (Å²) in [7, 11) is -6.00. The fourth-order valence-electron chi connectivity index (χ4n) is 0. The molecule has 6 nitrogen and oxygen atoms in total. The Morgan fingerprint density at radius 3 is 0.583 bits per heavy atom.